The van der Waals surface area contributed by atoms with E-state index < -0.39 is 10.0 Å². The van der Waals surface area contributed by atoms with Crippen molar-refractivity contribution in [3.05, 3.63) is 29.3 Å². The molecule has 1 fully saturated rings. The van der Waals surface area contributed by atoms with E-state index in [1.165, 1.54) is 0 Å². The molecule has 0 aliphatic carbocycles. The lowest BCUT2D eigenvalue weighted by atomic mass is 10.1. The van der Waals surface area contributed by atoms with Gasteiger partial charge in [0.1, 0.15) is 4.90 Å². The summed E-state index contributed by atoms with van der Waals surface area (Å²) in [5.74, 6) is 0. The summed E-state index contributed by atoms with van der Waals surface area (Å²) in [7, 11) is 2.31. The van der Waals surface area contributed by atoms with E-state index in [1.807, 2.05) is 45.7 Å². The van der Waals surface area contributed by atoms with Gasteiger partial charge in [-0.2, -0.15) is 14.5 Å². The van der Waals surface area contributed by atoms with Crippen LogP contribution in [0.25, 0.3) is 0 Å². The summed E-state index contributed by atoms with van der Waals surface area (Å²) in [5.41, 5.74) is 2.44. The van der Waals surface area contributed by atoms with Crippen LogP contribution in [-0.4, -0.2) is 57.8 Å². The molecule has 3 heterocycles. The van der Waals surface area contributed by atoms with Crippen LogP contribution in [-0.2, 0) is 23.6 Å². The Bertz CT molecular complexity index is 912. The minimum Gasteiger partial charge on any atom is -0.304 e. The van der Waals surface area contributed by atoms with Crippen LogP contribution in [0, 0.1) is 6.92 Å². The number of nitrogens with zero attached hydrogens (tertiary/aromatic N) is 6. The molecule has 150 valence electrons. The van der Waals surface area contributed by atoms with Gasteiger partial charge in [0.05, 0.1) is 23.1 Å². The van der Waals surface area contributed by atoms with Gasteiger partial charge in [-0.15, -0.1) is 0 Å². The largest absolute Gasteiger partial charge is 0.304 e. The first-order valence-corrected chi connectivity index (χ1v) is 10.8. The van der Waals surface area contributed by atoms with Crippen molar-refractivity contribution in [1.82, 2.24) is 28.8 Å². The van der Waals surface area contributed by atoms with Crippen molar-refractivity contribution in [2.75, 3.05) is 20.6 Å². The zero-order valence-electron chi connectivity index (χ0n) is 17.0. The molecular formula is C18H30N6O2S. The first kappa shape index (κ1) is 20.0. The van der Waals surface area contributed by atoms with Gasteiger partial charge in [-0.3, -0.25) is 9.36 Å². The average molecular weight is 395 g/mol. The maximum Gasteiger partial charge on any atom is 0.247 e. The summed E-state index contributed by atoms with van der Waals surface area (Å²) in [5, 5.41) is 9.00. The second-order valence-corrected chi connectivity index (χ2v) is 9.71. The fraction of sp³-hybridized carbons (Fsp3) is 0.667. The molecule has 9 heteroatoms. The molecule has 0 N–H and O–H groups in total. The first-order valence-electron chi connectivity index (χ1n) is 9.36. The molecule has 3 rings (SSSR count). The molecule has 2 aromatic rings. The maximum atomic E-state index is 13.4. The second-order valence-electron chi connectivity index (χ2n) is 7.85. The Morgan fingerprint density at radius 3 is 2.59 bits per heavy atom. The molecule has 0 saturated carbocycles. The van der Waals surface area contributed by atoms with E-state index in [9.17, 15) is 8.42 Å². The summed E-state index contributed by atoms with van der Waals surface area (Å²) in [6.45, 7) is 7.01. The van der Waals surface area contributed by atoms with Gasteiger partial charge in [0, 0.05) is 32.4 Å². The van der Waals surface area contributed by atoms with Gasteiger partial charge < -0.3 is 4.90 Å². The topological polar surface area (TPSA) is 76.3 Å². The molecule has 27 heavy (non-hydrogen) atoms. The highest BCUT2D eigenvalue weighted by Crippen LogP contribution is 2.37. The van der Waals surface area contributed by atoms with Crippen LogP contribution in [0.2, 0.25) is 0 Å². The van der Waals surface area contributed by atoms with E-state index >= 15 is 0 Å². The Hall–Kier alpha value is -1.71. The Morgan fingerprint density at radius 1 is 1.30 bits per heavy atom. The first-order chi connectivity index (χ1) is 12.6. The van der Waals surface area contributed by atoms with E-state index in [4.69, 9.17) is 0 Å². The average Bonchev–Trinajstić information content (AvgIpc) is 3.26. The van der Waals surface area contributed by atoms with Gasteiger partial charge >= 0.3 is 0 Å². The van der Waals surface area contributed by atoms with Crippen molar-refractivity contribution in [2.45, 2.75) is 57.1 Å². The van der Waals surface area contributed by atoms with Crippen LogP contribution in [0.4, 0.5) is 0 Å². The number of hydrogen-bond donors (Lipinski definition) is 0. The summed E-state index contributed by atoms with van der Waals surface area (Å²) in [6, 6.07) is 1.92. The number of hydrogen-bond acceptors (Lipinski definition) is 5. The van der Waals surface area contributed by atoms with E-state index in [-0.39, 0.29) is 12.1 Å². The highest BCUT2D eigenvalue weighted by Gasteiger charge is 2.39. The second kappa shape index (κ2) is 7.37. The molecule has 0 spiro atoms. The number of aromatic nitrogens is 4. The van der Waals surface area contributed by atoms with Crippen LogP contribution in [0.1, 0.15) is 55.9 Å². The lowest BCUT2D eigenvalue weighted by molar-refractivity contribution is 0.384. The number of aryl methyl sites for hydroxylation is 2. The minimum atomic E-state index is -3.62. The zero-order valence-corrected chi connectivity index (χ0v) is 17.9. The van der Waals surface area contributed by atoms with Crippen LogP contribution < -0.4 is 0 Å². The molecule has 0 radical (unpaired) electrons. The third-order valence-electron chi connectivity index (χ3n) is 5.01. The number of rotatable bonds is 6. The van der Waals surface area contributed by atoms with E-state index in [1.54, 1.807) is 22.1 Å². The van der Waals surface area contributed by atoms with Crippen molar-refractivity contribution in [3.8, 4) is 0 Å². The normalized spacial score (nSPS) is 18.9. The summed E-state index contributed by atoms with van der Waals surface area (Å²) in [6.07, 6.45) is 3.27. The van der Waals surface area contributed by atoms with Crippen molar-refractivity contribution < 1.29 is 8.42 Å². The lowest BCUT2D eigenvalue weighted by Crippen LogP contribution is -2.31. The van der Waals surface area contributed by atoms with Gasteiger partial charge in [0.25, 0.3) is 0 Å². The highest BCUT2D eigenvalue weighted by molar-refractivity contribution is 7.89. The van der Waals surface area contributed by atoms with Gasteiger partial charge in [0.2, 0.25) is 10.0 Å². The van der Waals surface area contributed by atoms with Crippen molar-refractivity contribution >= 4 is 10.0 Å². The van der Waals surface area contributed by atoms with Crippen molar-refractivity contribution in [3.63, 3.8) is 0 Å². The third-order valence-corrected chi connectivity index (χ3v) is 7.02. The highest BCUT2D eigenvalue weighted by atomic mass is 32.2. The Morgan fingerprint density at radius 2 is 2.00 bits per heavy atom. The van der Waals surface area contributed by atoms with Crippen molar-refractivity contribution in [1.29, 1.82) is 0 Å². The number of sulfonamides is 1. The summed E-state index contributed by atoms with van der Waals surface area (Å²) in [4.78, 5) is 2.38. The predicted molar refractivity (Wildman–Crippen MR) is 104 cm³/mol. The van der Waals surface area contributed by atoms with Crippen LogP contribution in [0.15, 0.2) is 17.2 Å². The van der Waals surface area contributed by atoms with Crippen LogP contribution >= 0.6 is 0 Å². The molecule has 0 bridgehead atoms. The monoisotopic (exact) mass is 394 g/mol. The quantitative estimate of drug-likeness (QED) is 0.750. The van der Waals surface area contributed by atoms with E-state index in [0.717, 1.165) is 30.8 Å². The molecule has 1 aliphatic heterocycles. The minimum absolute atomic E-state index is 0.117. The fourth-order valence-corrected chi connectivity index (χ4v) is 5.42. The summed E-state index contributed by atoms with van der Waals surface area (Å²) >= 11 is 0. The van der Waals surface area contributed by atoms with Gasteiger partial charge in [-0.1, -0.05) is 0 Å². The molecule has 0 amide bonds. The smallest absolute Gasteiger partial charge is 0.247 e. The molecular weight excluding hydrogens is 364 g/mol. The Balaban J connectivity index is 1.94. The van der Waals surface area contributed by atoms with E-state index in [2.05, 4.69) is 15.1 Å². The standard InChI is InChI=1S/C18H30N6O2S/c1-13(2)23-12-18(14(3)19-23)27(25,26)24-9-7-8-17(24)16-10-15(11-21(4)5)22(6)20-16/h10,12-13,17H,7-9,11H2,1-6H3. The van der Waals surface area contributed by atoms with Crippen molar-refractivity contribution in [2.24, 2.45) is 7.05 Å². The molecule has 1 saturated heterocycles. The maximum absolute atomic E-state index is 13.4. The third kappa shape index (κ3) is 3.81. The molecule has 0 aromatic carbocycles. The zero-order chi connectivity index (χ0) is 19.9. The molecule has 2 aromatic heterocycles. The molecule has 1 aliphatic rings. The van der Waals surface area contributed by atoms with Gasteiger partial charge in [-0.05, 0) is 53.8 Å². The Kier molecular flexibility index (Phi) is 5.47. The van der Waals surface area contributed by atoms with Crippen LogP contribution in [0.3, 0.4) is 0 Å². The fourth-order valence-electron chi connectivity index (χ4n) is 3.60. The lowest BCUT2D eigenvalue weighted by Gasteiger charge is -2.22. The summed E-state index contributed by atoms with van der Waals surface area (Å²) < 4.78 is 31.9. The molecule has 8 nitrogen and oxygen atoms in total. The molecule has 1 atom stereocenters. The van der Waals surface area contributed by atoms with E-state index in [0.29, 0.717) is 17.1 Å². The van der Waals surface area contributed by atoms with Crippen LogP contribution in [0.5, 0.6) is 0 Å². The molecule has 1 unspecified atom stereocenters. The van der Waals surface area contributed by atoms with Gasteiger partial charge in [-0.25, -0.2) is 8.42 Å². The SMILES string of the molecule is Cc1nn(C(C)C)cc1S(=O)(=O)N1CCCC1c1cc(CN(C)C)n(C)n1. The predicted octanol–water partition coefficient (Wildman–Crippen LogP) is 2.09. The Labute approximate surface area is 161 Å². The van der Waals surface area contributed by atoms with Gasteiger partial charge in [0.15, 0.2) is 0 Å².